The number of likely N-dealkylation sites (tertiary alicyclic amines) is 1. The van der Waals surface area contributed by atoms with Gasteiger partial charge >= 0.3 is 0 Å². The number of fused-ring (bicyclic) bond motifs is 1. The van der Waals surface area contributed by atoms with E-state index in [-0.39, 0.29) is 5.56 Å². The molecule has 1 atom stereocenters. The predicted molar refractivity (Wildman–Crippen MR) is 102 cm³/mol. The van der Waals surface area contributed by atoms with E-state index < -0.39 is 0 Å². The number of benzene rings is 1. The third-order valence-electron chi connectivity index (χ3n) is 5.16. The predicted octanol–water partition coefficient (Wildman–Crippen LogP) is 2.80. The van der Waals surface area contributed by atoms with Crippen molar-refractivity contribution >= 4 is 10.9 Å². The van der Waals surface area contributed by atoms with E-state index in [1.165, 1.54) is 5.69 Å². The number of hydrogen-bond acceptors (Lipinski definition) is 4. The second kappa shape index (κ2) is 6.61. The van der Waals surface area contributed by atoms with Crippen molar-refractivity contribution in [2.45, 2.75) is 32.9 Å². The van der Waals surface area contributed by atoms with Crippen LogP contribution in [0.15, 0.2) is 35.1 Å². The molecule has 0 unspecified atom stereocenters. The lowest BCUT2D eigenvalue weighted by Gasteiger charge is -2.17. The van der Waals surface area contributed by atoms with Crippen LogP contribution in [0.25, 0.3) is 10.9 Å². The fourth-order valence-electron chi connectivity index (χ4n) is 3.89. The van der Waals surface area contributed by atoms with Gasteiger partial charge in [0, 0.05) is 41.8 Å². The summed E-state index contributed by atoms with van der Waals surface area (Å²) in [6.45, 7) is 6.66. The molecule has 6 heteroatoms. The van der Waals surface area contributed by atoms with Gasteiger partial charge in [-0.1, -0.05) is 0 Å². The van der Waals surface area contributed by atoms with Gasteiger partial charge in [-0.3, -0.25) is 14.4 Å². The van der Waals surface area contributed by atoms with Gasteiger partial charge in [0.15, 0.2) is 0 Å². The summed E-state index contributed by atoms with van der Waals surface area (Å²) in [5.74, 6) is 0.793. The summed E-state index contributed by atoms with van der Waals surface area (Å²) in [5.41, 5.74) is 3.87. The highest BCUT2D eigenvalue weighted by molar-refractivity contribution is 5.80. The number of pyridine rings is 1. The number of aryl methyl sites for hydroxylation is 2. The zero-order valence-electron chi connectivity index (χ0n) is 15.5. The standard InChI is InChI=1S/C20H24N4O2/c1-13-8-14(2)24(22-13)17-6-7-23(12-17)11-16-9-15-10-18(26-3)4-5-19(15)21-20(16)25/h4-5,8-10,17H,6-7,11-12H2,1-3H3,(H,21,25)/t17-/m1/s1. The largest absolute Gasteiger partial charge is 0.497 e. The van der Waals surface area contributed by atoms with Crippen LogP contribution in [0.3, 0.4) is 0 Å². The molecule has 2 aromatic heterocycles. The van der Waals surface area contributed by atoms with Gasteiger partial charge in [0.1, 0.15) is 5.75 Å². The molecular weight excluding hydrogens is 328 g/mol. The zero-order chi connectivity index (χ0) is 18.3. The molecule has 1 N–H and O–H groups in total. The van der Waals surface area contributed by atoms with Crippen LogP contribution in [0, 0.1) is 13.8 Å². The fourth-order valence-corrected chi connectivity index (χ4v) is 3.89. The van der Waals surface area contributed by atoms with Crippen molar-refractivity contribution in [2.24, 2.45) is 0 Å². The molecule has 26 heavy (non-hydrogen) atoms. The topological polar surface area (TPSA) is 63.2 Å². The number of hydrogen-bond donors (Lipinski definition) is 1. The van der Waals surface area contributed by atoms with Crippen molar-refractivity contribution < 1.29 is 4.74 Å². The van der Waals surface area contributed by atoms with Gasteiger partial charge in [-0.05, 0) is 50.6 Å². The summed E-state index contributed by atoms with van der Waals surface area (Å²) in [5, 5.41) is 5.61. The molecule has 0 saturated carbocycles. The Labute approximate surface area is 152 Å². The summed E-state index contributed by atoms with van der Waals surface area (Å²) in [4.78, 5) is 17.8. The molecule has 1 aliphatic heterocycles. The smallest absolute Gasteiger partial charge is 0.252 e. The lowest BCUT2D eigenvalue weighted by Crippen LogP contribution is -2.26. The lowest BCUT2D eigenvalue weighted by molar-refractivity contribution is 0.309. The molecule has 3 aromatic rings. The maximum absolute atomic E-state index is 12.5. The van der Waals surface area contributed by atoms with Crippen molar-refractivity contribution in [2.75, 3.05) is 20.2 Å². The van der Waals surface area contributed by atoms with Gasteiger partial charge in [-0.2, -0.15) is 5.10 Å². The quantitative estimate of drug-likeness (QED) is 0.784. The number of methoxy groups -OCH3 is 1. The SMILES string of the molecule is COc1ccc2[nH]c(=O)c(CN3CC[C@@H](n4nc(C)cc4C)C3)cc2c1. The van der Waals surface area contributed by atoms with E-state index in [1.807, 2.05) is 31.2 Å². The summed E-state index contributed by atoms with van der Waals surface area (Å²) < 4.78 is 7.42. The molecule has 0 radical (unpaired) electrons. The number of nitrogens with zero attached hydrogens (tertiary/aromatic N) is 3. The van der Waals surface area contributed by atoms with E-state index in [4.69, 9.17) is 4.74 Å². The Bertz CT molecular complexity index is 1000. The summed E-state index contributed by atoms with van der Waals surface area (Å²) in [7, 11) is 1.65. The van der Waals surface area contributed by atoms with E-state index in [2.05, 4.69) is 32.7 Å². The molecule has 0 spiro atoms. The third-order valence-corrected chi connectivity index (χ3v) is 5.16. The second-order valence-corrected chi connectivity index (χ2v) is 7.13. The van der Waals surface area contributed by atoms with E-state index in [0.717, 1.165) is 47.4 Å². The van der Waals surface area contributed by atoms with Gasteiger partial charge in [-0.15, -0.1) is 0 Å². The summed E-state index contributed by atoms with van der Waals surface area (Å²) >= 11 is 0. The highest BCUT2D eigenvalue weighted by Gasteiger charge is 2.26. The van der Waals surface area contributed by atoms with Crippen molar-refractivity contribution in [3.8, 4) is 5.75 Å². The number of nitrogens with one attached hydrogen (secondary N) is 1. The Morgan fingerprint density at radius 2 is 2.12 bits per heavy atom. The molecule has 1 aromatic carbocycles. The fraction of sp³-hybridized carbons (Fsp3) is 0.400. The molecule has 3 heterocycles. The Balaban J connectivity index is 1.55. The van der Waals surface area contributed by atoms with Gasteiger partial charge < -0.3 is 9.72 Å². The molecule has 1 fully saturated rings. The first-order valence-corrected chi connectivity index (χ1v) is 8.98. The van der Waals surface area contributed by atoms with E-state index in [9.17, 15) is 4.79 Å². The minimum Gasteiger partial charge on any atom is -0.497 e. The van der Waals surface area contributed by atoms with Crippen molar-refractivity contribution in [1.82, 2.24) is 19.7 Å². The van der Waals surface area contributed by atoms with Gasteiger partial charge in [0.2, 0.25) is 0 Å². The number of aromatic nitrogens is 3. The van der Waals surface area contributed by atoms with Crippen LogP contribution < -0.4 is 10.3 Å². The van der Waals surface area contributed by atoms with Crippen LogP contribution in [0.5, 0.6) is 5.75 Å². The highest BCUT2D eigenvalue weighted by Crippen LogP contribution is 2.25. The van der Waals surface area contributed by atoms with Crippen LogP contribution in [0.4, 0.5) is 0 Å². The minimum absolute atomic E-state index is 0.0165. The molecule has 136 valence electrons. The van der Waals surface area contributed by atoms with Crippen LogP contribution >= 0.6 is 0 Å². The lowest BCUT2D eigenvalue weighted by atomic mass is 10.1. The maximum atomic E-state index is 12.5. The van der Waals surface area contributed by atoms with E-state index in [0.29, 0.717) is 12.6 Å². The van der Waals surface area contributed by atoms with Gasteiger partial charge in [0.05, 0.1) is 18.8 Å². The molecular formula is C20H24N4O2. The molecule has 0 bridgehead atoms. The molecule has 1 saturated heterocycles. The summed E-state index contributed by atoms with van der Waals surface area (Å²) in [6.07, 6.45) is 1.06. The third kappa shape index (κ3) is 3.12. The first kappa shape index (κ1) is 16.8. The number of aromatic amines is 1. The maximum Gasteiger partial charge on any atom is 0.252 e. The summed E-state index contributed by atoms with van der Waals surface area (Å²) in [6, 6.07) is 10.2. The van der Waals surface area contributed by atoms with E-state index in [1.54, 1.807) is 7.11 Å². The number of H-pyrrole nitrogens is 1. The van der Waals surface area contributed by atoms with Crippen LogP contribution in [0.1, 0.15) is 29.4 Å². The van der Waals surface area contributed by atoms with Crippen LogP contribution in [-0.4, -0.2) is 39.9 Å². The zero-order valence-corrected chi connectivity index (χ0v) is 15.5. The van der Waals surface area contributed by atoms with Crippen LogP contribution in [-0.2, 0) is 6.54 Å². The molecule has 4 rings (SSSR count). The Morgan fingerprint density at radius 1 is 1.27 bits per heavy atom. The Kier molecular flexibility index (Phi) is 4.28. The number of rotatable bonds is 4. The Morgan fingerprint density at radius 3 is 2.85 bits per heavy atom. The number of ether oxygens (including phenoxy) is 1. The molecule has 1 aliphatic rings. The molecule has 0 aliphatic carbocycles. The van der Waals surface area contributed by atoms with Crippen molar-refractivity contribution in [3.63, 3.8) is 0 Å². The van der Waals surface area contributed by atoms with Crippen molar-refractivity contribution in [1.29, 1.82) is 0 Å². The monoisotopic (exact) mass is 352 g/mol. The average molecular weight is 352 g/mol. The van der Waals surface area contributed by atoms with Gasteiger partial charge in [-0.25, -0.2) is 0 Å². The van der Waals surface area contributed by atoms with E-state index >= 15 is 0 Å². The average Bonchev–Trinajstić information content (AvgIpc) is 3.21. The Hall–Kier alpha value is -2.60. The second-order valence-electron chi connectivity index (χ2n) is 7.13. The first-order chi connectivity index (χ1) is 12.5. The molecule has 6 nitrogen and oxygen atoms in total. The first-order valence-electron chi connectivity index (χ1n) is 8.98. The van der Waals surface area contributed by atoms with Gasteiger partial charge in [0.25, 0.3) is 5.56 Å². The van der Waals surface area contributed by atoms with Crippen LogP contribution in [0.2, 0.25) is 0 Å². The minimum atomic E-state index is -0.0165. The van der Waals surface area contributed by atoms with Crippen molar-refractivity contribution in [3.05, 3.63) is 57.6 Å². The molecule has 0 amide bonds. The normalized spacial score (nSPS) is 17.9. The highest BCUT2D eigenvalue weighted by atomic mass is 16.5.